The number of ether oxygens (including phenoxy) is 1. The number of hydrogen-bond donors (Lipinski definition) is 1. The molecular formula is C12H8N2O3. The standard InChI is InChI=1S/C12H8N2O3/c13-6-9(7-14)5-10-3-1-2-4-11(10)17-8-12(15)16/h1-5H,8H2,(H,15,16). The molecule has 0 amide bonds. The van der Waals surface area contributed by atoms with Crippen molar-refractivity contribution in [2.24, 2.45) is 0 Å². The molecule has 5 heteroatoms. The van der Waals surface area contributed by atoms with Crippen LogP contribution in [0.5, 0.6) is 5.75 Å². The Labute approximate surface area is 97.8 Å². The highest BCUT2D eigenvalue weighted by molar-refractivity contribution is 5.70. The van der Waals surface area contributed by atoms with Crippen molar-refractivity contribution in [1.82, 2.24) is 0 Å². The molecule has 0 saturated carbocycles. The lowest BCUT2D eigenvalue weighted by Crippen LogP contribution is -2.09. The third kappa shape index (κ3) is 3.69. The Kier molecular flexibility index (Phi) is 4.29. The van der Waals surface area contributed by atoms with Crippen LogP contribution < -0.4 is 4.74 Å². The van der Waals surface area contributed by atoms with E-state index in [1.807, 2.05) is 0 Å². The Balaban J connectivity index is 3.01. The Morgan fingerprint density at radius 2 is 2.00 bits per heavy atom. The Morgan fingerprint density at radius 3 is 2.59 bits per heavy atom. The number of aliphatic carboxylic acids is 1. The molecule has 1 aromatic carbocycles. The minimum Gasteiger partial charge on any atom is -0.481 e. The van der Waals surface area contributed by atoms with E-state index in [2.05, 4.69) is 0 Å². The van der Waals surface area contributed by atoms with Gasteiger partial charge in [-0.3, -0.25) is 0 Å². The molecule has 5 nitrogen and oxygen atoms in total. The van der Waals surface area contributed by atoms with Gasteiger partial charge in [-0.2, -0.15) is 10.5 Å². The fourth-order valence-corrected chi connectivity index (χ4v) is 1.12. The van der Waals surface area contributed by atoms with Crippen molar-refractivity contribution in [3.8, 4) is 17.9 Å². The minimum absolute atomic E-state index is 0.0728. The maximum atomic E-state index is 10.4. The first-order valence-corrected chi connectivity index (χ1v) is 4.63. The van der Waals surface area contributed by atoms with Crippen LogP contribution in [0, 0.1) is 22.7 Å². The van der Waals surface area contributed by atoms with Crippen LogP contribution in [-0.2, 0) is 4.79 Å². The summed E-state index contributed by atoms with van der Waals surface area (Å²) in [6, 6.07) is 10.0. The monoisotopic (exact) mass is 228 g/mol. The third-order valence-corrected chi connectivity index (χ3v) is 1.81. The minimum atomic E-state index is -1.09. The maximum absolute atomic E-state index is 10.4. The van der Waals surface area contributed by atoms with Crippen LogP contribution in [0.4, 0.5) is 0 Å². The van der Waals surface area contributed by atoms with Gasteiger partial charge in [0.15, 0.2) is 6.61 Å². The summed E-state index contributed by atoms with van der Waals surface area (Å²) in [7, 11) is 0. The molecule has 0 unspecified atom stereocenters. The maximum Gasteiger partial charge on any atom is 0.341 e. The summed E-state index contributed by atoms with van der Waals surface area (Å²) in [6.07, 6.45) is 1.34. The normalized spacial score (nSPS) is 8.59. The van der Waals surface area contributed by atoms with Gasteiger partial charge in [0.1, 0.15) is 23.5 Å². The molecular weight excluding hydrogens is 220 g/mol. The number of rotatable bonds is 4. The van der Waals surface area contributed by atoms with Crippen LogP contribution in [0.2, 0.25) is 0 Å². The van der Waals surface area contributed by atoms with Crippen molar-refractivity contribution >= 4 is 12.0 Å². The van der Waals surface area contributed by atoms with E-state index >= 15 is 0 Å². The van der Waals surface area contributed by atoms with Gasteiger partial charge in [0.05, 0.1) is 0 Å². The molecule has 0 aromatic heterocycles. The number of allylic oxidation sites excluding steroid dienone is 1. The number of carboxylic acids is 1. The van der Waals surface area contributed by atoms with Crippen molar-refractivity contribution in [3.05, 3.63) is 35.4 Å². The lowest BCUT2D eigenvalue weighted by molar-refractivity contribution is -0.139. The number of carbonyl (C=O) groups is 1. The second-order valence-electron chi connectivity index (χ2n) is 3.00. The van der Waals surface area contributed by atoms with Crippen LogP contribution >= 0.6 is 0 Å². The van der Waals surface area contributed by atoms with Crippen LogP contribution in [0.25, 0.3) is 6.08 Å². The zero-order chi connectivity index (χ0) is 12.7. The number of nitrogens with zero attached hydrogens (tertiary/aromatic N) is 2. The van der Waals surface area contributed by atoms with Gasteiger partial charge in [0.2, 0.25) is 0 Å². The fourth-order valence-electron chi connectivity index (χ4n) is 1.12. The van der Waals surface area contributed by atoms with Crippen molar-refractivity contribution in [1.29, 1.82) is 10.5 Å². The quantitative estimate of drug-likeness (QED) is 0.789. The van der Waals surface area contributed by atoms with Gasteiger partial charge in [-0.1, -0.05) is 18.2 Å². The molecule has 0 aliphatic carbocycles. The van der Waals surface area contributed by atoms with E-state index < -0.39 is 12.6 Å². The molecule has 1 N–H and O–H groups in total. The van der Waals surface area contributed by atoms with Gasteiger partial charge < -0.3 is 9.84 Å². The van der Waals surface area contributed by atoms with Gasteiger partial charge >= 0.3 is 5.97 Å². The Bertz CT molecular complexity index is 519. The molecule has 17 heavy (non-hydrogen) atoms. The first-order valence-electron chi connectivity index (χ1n) is 4.63. The molecule has 0 spiro atoms. The van der Waals surface area contributed by atoms with Gasteiger partial charge in [-0.15, -0.1) is 0 Å². The molecule has 0 saturated heterocycles. The SMILES string of the molecule is N#CC(C#N)=Cc1ccccc1OCC(=O)O. The average Bonchev–Trinajstić information content (AvgIpc) is 2.34. The summed E-state index contributed by atoms with van der Waals surface area (Å²) in [5, 5.41) is 25.7. The van der Waals surface area contributed by atoms with Crippen molar-refractivity contribution < 1.29 is 14.6 Å². The van der Waals surface area contributed by atoms with E-state index in [4.69, 9.17) is 20.4 Å². The summed E-state index contributed by atoms with van der Waals surface area (Å²) >= 11 is 0. The van der Waals surface area contributed by atoms with E-state index in [1.165, 1.54) is 6.08 Å². The first-order chi connectivity index (χ1) is 8.17. The summed E-state index contributed by atoms with van der Waals surface area (Å²) < 4.78 is 5.03. The molecule has 0 radical (unpaired) electrons. The van der Waals surface area contributed by atoms with Gasteiger partial charge in [-0.25, -0.2) is 4.79 Å². The van der Waals surface area contributed by atoms with E-state index in [9.17, 15) is 4.79 Å². The van der Waals surface area contributed by atoms with Crippen LogP contribution in [0.1, 0.15) is 5.56 Å². The molecule has 0 aliphatic heterocycles. The van der Waals surface area contributed by atoms with Crippen LogP contribution in [-0.4, -0.2) is 17.7 Å². The van der Waals surface area contributed by atoms with Crippen LogP contribution in [0.3, 0.4) is 0 Å². The lowest BCUT2D eigenvalue weighted by Gasteiger charge is -2.06. The summed E-state index contributed by atoms with van der Waals surface area (Å²) in [6.45, 7) is -0.473. The number of carboxylic acid groups (broad SMARTS) is 1. The van der Waals surface area contributed by atoms with Gasteiger partial charge in [0, 0.05) is 5.56 Å². The number of nitriles is 2. The summed E-state index contributed by atoms with van der Waals surface area (Å²) in [5.74, 6) is -0.775. The predicted octanol–water partition coefficient (Wildman–Crippen LogP) is 1.58. The number of benzene rings is 1. The van der Waals surface area contributed by atoms with Gasteiger partial charge in [-0.05, 0) is 12.1 Å². The first kappa shape index (κ1) is 12.3. The Hall–Kier alpha value is -2.79. The molecule has 0 bridgehead atoms. The average molecular weight is 228 g/mol. The second-order valence-corrected chi connectivity index (χ2v) is 3.00. The molecule has 1 rings (SSSR count). The lowest BCUT2D eigenvalue weighted by atomic mass is 10.1. The molecule has 0 atom stereocenters. The molecule has 0 heterocycles. The zero-order valence-electron chi connectivity index (χ0n) is 8.75. The molecule has 0 fully saturated rings. The number of hydrogen-bond acceptors (Lipinski definition) is 4. The highest BCUT2D eigenvalue weighted by atomic mass is 16.5. The topological polar surface area (TPSA) is 94.1 Å². The van der Waals surface area contributed by atoms with E-state index in [1.54, 1.807) is 36.4 Å². The van der Waals surface area contributed by atoms with Crippen LogP contribution in [0.15, 0.2) is 29.8 Å². The predicted molar refractivity (Wildman–Crippen MR) is 58.8 cm³/mol. The second kappa shape index (κ2) is 5.94. The fraction of sp³-hybridized carbons (Fsp3) is 0.0833. The smallest absolute Gasteiger partial charge is 0.341 e. The highest BCUT2D eigenvalue weighted by Crippen LogP contribution is 2.20. The van der Waals surface area contributed by atoms with Crippen molar-refractivity contribution in [3.63, 3.8) is 0 Å². The largest absolute Gasteiger partial charge is 0.481 e. The van der Waals surface area contributed by atoms with Gasteiger partial charge in [0.25, 0.3) is 0 Å². The molecule has 1 aromatic rings. The molecule has 0 aliphatic rings. The van der Waals surface area contributed by atoms with E-state index in [0.717, 1.165) is 0 Å². The zero-order valence-corrected chi connectivity index (χ0v) is 8.75. The summed E-state index contributed by atoms with van der Waals surface area (Å²) in [4.78, 5) is 10.4. The third-order valence-electron chi connectivity index (χ3n) is 1.81. The Morgan fingerprint density at radius 1 is 1.35 bits per heavy atom. The molecule has 84 valence electrons. The summed E-state index contributed by atoms with van der Waals surface area (Å²) in [5.41, 5.74) is 0.420. The van der Waals surface area contributed by atoms with Crippen molar-refractivity contribution in [2.75, 3.05) is 6.61 Å². The van der Waals surface area contributed by atoms with E-state index in [-0.39, 0.29) is 5.57 Å². The number of para-hydroxylation sites is 1. The van der Waals surface area contributed by atoms with E-state index in [0.29, 0.717) is 11.3 Å². The van der Waals surface area contributed by atoms with Crippen molar-refractivity contribution in [2.45, 2.75) is 0 Å². The highest BCUT2D eigenvalue weighted by Gasteiger charge is 2.04.